The number of alkyl halides is 2. The first-order valence-corrected chi connectivity index (χ1v) is 4.08. The van der Waals surface area contributed by atoms with Crippen molar-refractivity contribution in [2.24, 2.45) is 0 Å². The van der Waals surface area contributed by atoms with Crippen LogP contribution in [0.3, 0.4) is 0 Å². The van der Waals surface area contributed by atoms with Crippen LogP contribution in [0.5, 0.6) is 0 Å². The van der Waals surface area contributed by atoms with Crippen LogP contribution in [0, 0.1) is 10.1 Å². The molecule has 0 bridgehead atoms. The van der Waals surface area contributed by atoms with Crippen molar-refractivity contribution < 1.29 is 23.6 Å². The zero-order valence-electron chi connectivity index (χ0n) is 7.35. The van der Waals surface area contributed by atoms with Gasteiger partial charge in [0.05, 0.1) is 4.92 Å². The van der Waals surface area contributed by atoms with Crippen molar-refractivity contribution in [3.8, 4) is 0 Å². The summed E-state index contributed by atoms with van der Waals surface area (Å²) in [5.74, 6) is -1.58. The van der Waals surface area contributed by atoms with Crippen LogP contribution in [0.2, 0.25) is 5.15 Å². The summed E-state index contributed by atoms with van der Waals surface area (Å²) in [6, 6.07) is 0.457. The highest BCUT2D eigenvalue weighted by molar-refractivity contribution is 6.32. The van der Waals surface area contributed by atoms with E-state index in [2.05, 4.69) is 4.98 Å². The fourth-order valence-corrected chi connectivity index (χ4v) is 1.18. The van der Waals surface area contributed by atoms with Crippen molar-refractivity contribution in [2.45, 2.75) is 6.43 Å². The monoisotopic (exact) mass is 252 g/mol. The molecule has 0 atom stereocenters. The summed E-state index contributed by atoms with van der Waals surface area (Å²) in [5.41, 5.74) is -2.92. The van der Waals surface area contributed by atoms with Gasteiger partial charge in [-0.3, -0.25) is 10.1 Å². The molecule has 0 unspecified atom stereocenters. The summed E-state index contributed by atoms with van der Waals surface area (Å²) >= 11 is 5.30. The van der Waals surface area contributed by atoms with Gasteiger partial charge in [0.25, 0.3) is 12.1 Å². The topological polar surface area (TPSA) is 93.3 Å². The normalized spacial score (nSPS) is 10.5. The van der Waals surface area contributed by atoms with Gasteiger partial charge in [0, 0.05) is 6.07 Å². The number of hydrogen-bond acceptors (Lipinski definition) is 4. The molecule has 0 radical (unpaired) electrons. The molecule has 0 aromatic carbocycles. The zero-order valence-corrected chi connectivity index (χ0v) is 8.11. The third-order valence-corrected chi connectivity index (χ3v) is 1.91. The number of nitro groups is 1. The maximum Gasteiger partial charge on any atom is 0.339 e. The average molecular weight is 253 g/mol. The van der Waals surface area contributed by atoms with E-state index in [-0.39, 0.29) is 0 Å². The first-order valence-electron chi connectivity index (χ1n) is 3.71. The Bertz CT molecular complexity index is 466. The van der Waals surface area contributed by atoms with Gasteiger partial charge < -0.3 is 5.11 Å². The molecule has 0 saturated carbocycles. The molecule has 1 aromatic heterocycles. The largest absolute Gasteiger partial charge is 0.478 e. The Kier molecular flexibility index (Phi) is 3.33. The van der Waals surface area contributed by atoms with Crippen LogP contribution in [0.25, 0.3) is 0 Å². The highest BCUT2D eigenvalue weighted by Gasteiger charge is 2.27. The lowest BCUT2D eigenvalue weighted by molar-refractivity contribution is -0.386. The Labute approximate surface area is 91.6 Å². The molecule has 16 heavy (non-hydrogen) atoms. The lowest BCUT2D eigenvalue weighted by atomic mass is 10.2. The molecule has 0 amide bonds. The minimum Gasteiger partial charge on any atom is -0.478 e. The second-order valence-electron chi connectivity index (χ2n) is 2.59. The molecule has 0 fully saturated rings. The van der Waals surface area contributed by atoms with Crippen molar-refractivity contribution in [1.82, 2.24) is 4.98 Å². The number of hydrogen-bond donors (Lipinski definition) is 1. The van der Waals surface area contributed by atoms with E-state index in [9.17, 15) is 23.7 Å². The molecule has 0 aliphatic rings. The van der Waals surface area contributed by atoms with Gasteiger partial charge in [0.2, 0.25) is 0 Å². The number of carboxylic acid groups (broad SMARTS) is 1. The van der Waals surface area contributed by atoms with Gasteiger partial charge in [0.15, 0.2) is 5.69 Å². The standard InChI is InChI=1S/C7H3ClF2N2O4/c8-5-2(7(13)14)1-3(12(15)16)4(11-5)6(9)10/h1,6H,(H,13,14). The summed E-state index contributed by atoms with van der Waals surface area (Å²) in [5, 5.41) is 18.3. The van der Waals surface area contributed by atoms with E-state index in [4.69, 9.17) is 16.7 Å². The van der Waals surface area contributed by atoms with Gasteiger partial charge in [-0.2, -0.15) is 0 Å². The van der Waals surface area contributed by atoms with Crippen LogP contribution in [-0.4, -0.2) is 21.0 Å². The summed E-state index contributed by atoms with van der Waals surface area (Å²) in [6.45, 7) is 0. The molecule has 0 aliphatic heterocycles. The average Bonchev–Trinajstić information content (AvgIpc) is 2.15. The van der Waals surface area contributed by atoms with Crippen LogP contribution < -0.4 is 0 Å². The molecule has 0 saturated heterocycles. The summed E-state index contributed by atoms with van der Waals surface area (Å²) in [6.07, 6.45) is -3.21. The molecular formula is C7H3ClF2N2O4. The van der Waals surface area contributed by atoms with Gasteiger partial charge in [0.1, 0.15) is 10.7 Å². The molecule has 1 heterocycles. The summed E-state index contributed by atoms with van der Waals surface area (Å²) in [4.78, 5) is 22.8. The zero-order chi connectivity index (χ0) is 12.5. The molecule has 86 valence electrons. The van der Waals surface area contributed by atoms with Gasteiger partial charge in [-0.15, -0.1) is 0 Å². The minimum atomic E-state index is -3.21. The first kappa shape index (κ1) is 12.2. The Hall–Kier alpha value is -1.83. The Morgan fingerprint density at radius 2 is 2.19 bits per heavy atom. The molecule has 0 aliphatic carbocycles. The number of aromatic nitrogens is 1. The van der Waals surface area contributed by atoms with E-state index in [1.165, 1.54) is 0 Å². The molecule has 9 heteroatoms. The van der Waals surface area contributed by atoms with E-state index >= 15 is 0 Å². The first-order chi connectivity index (χ1) is 7.34. The molecule has 0 spiro atoms. The quantitative estimate of drug-likeness (QED) is 0.506. The van der Waals surface area contributed by atoms with Gasteiger partial charge in [-0.1, -0.05) is 11.6 Å². The van der Waals surface area contributed by atoms with E-state index in [0.29, 0.717) is 6.07 Å². The smallest absolute Gasteiger partial charge is 0.339 e. The predicted octanol–water partition coefficient (Wildman–Crippen LogP) is 2.28. The van der Waals surface area contributed by atoms with Crippen molar-refractivity contribution in [1.29, 1.82) is 0 Å². The minimum absolute atomic E-state index is 0.457. The highest BCUT2D eigenvalue weighted by atomic mass is 35.5. The Balaban J connectivity index is 3.49. The lowest BCUT2D eigenvalue weighted by Gasteiger charge is -2.03. The molecular weight excluding hydrogens is 250 g/mol. The van der Waals surface area contributed by atoms with Crippen LogP contribution in [0.15, 0.2) is 6.07 Å². The molecule has 6 nitrogen and oxygen atoms in total. The van der Waals surface area contributed by atoms with E-state index in [0.717, 1.165) is 0 Å². The van der Waals surface area contributed by atoms with Crippen molar-refractivity contribution in [3.63, 3.8) is 0 Å². The third kappa shape index (κ3) is 2.22. The lowest BCUT2D eigenvalue weighted by Crippen LogP contribution is -2.06. The second-order valence-corrected chi connectivity index (χ2v) is 2.95. The summed E-state index contributed by atoms with van der Waals surface area (Å²) in [7, 11) is 0. The molecule has 1 rings (SSSR count). The van der Waals surface area contributed by atoms with Crippen molar-refractivity contribution in [2.75, 3.05) is 0 Å². The van der Waals surface area contributed by atoms with E-state index in [1.54, 1.807) is 0 Å². The van der Waals surface area contributed by atoms with E-state index in [1.807, 2.05) is 0 Å². The van der Waals surface area contributed by atoms with Crippen LogP contribution >= 0.6 is 11.6 Å². The Morgan fingerprint density at radius 3 is 2.56 bits per heavy atom. The number of carboxylic acids is 1. The molecule has 1 aromatic rings. The summed E-state index contributed by atoms with van der Waals surface area (Å²) < 4.78 is 24.7. The van der Waals surface area contributed by atoms with Crippen LogP contribution in [0.1, 0.15) is 22.5 Å². The maximum absolute atomic E-state index is 12.3. The SMILES string of the molecule is O=C(O)c1cc([N+](=O)[O-])c(C(F)F)nc1Cl. The fourth-order valence-electron chi connectivity index (χ4n) is 0.950. The second kappa shape index (κ2) is 4.35. The molecule has 1 N–H and O–H groups in total. The number of rotatable bonds is 3. The number of pyridine rings is 1. The van der Waals surface area contributed by atoms with Crippen molar-refractivity contribution >= 4 is 23.3 Å². The number of carbonyl (C=O) groups is 1. The van der Waals surface area contributed by atoms with Crippen LogP contribution in [0.4, 0.5) is 14.5 Å². The fraction of sp³-hybridized carbons (Fsp3) is 0.143. The van der Waals surface area contributed by atoms with Crippen LogP contribution in [-0.2, 0) is 0 Å². The maximum atomic E-state index is 12.3. The van der Waals surface area contributed by atoms with Gasteiger partial charge in [-0.25, -0.2) is 18.6 Å². The van der Waals surface area contributed by atoms with E-state index < -0.39 is 39.4 Å². The third-order valence-electron chi connectivity index (χ3n) is 1.62. The highest BCUT2D eigenvalue weighted by Crippen LogP contribution is 2.30. The van der Waals surface area contributed by atoms with Gasteiger partial charge >= 0.3 is 5.97 Å². The number of halogens is 3. The predicted molar refractivity (Wildman–Crippen MR) is 47.8 cm³/mol. The Morgan fingerprint density at radius 1 is 1.62 bits per heavy atom. The number of nitrogens with zero attached hydrogens (tertiary/aromatic N) is 2. The van der Waals surface area contributed by atoms with Gasteiger partial charge in [-0.05, 0) is 0 Å². The van der Waals surface area contributed by atoms with Crippen molar-refractivity contribution in [3.05, 3.63) is 32.6 Å². The number of aromatic carboxylic acids is 1.